The Morgan fingerprint density at radius 3 is 2.54 bits per heavy atom. The maximum Gasteiger partial charge on any atom is 0.308 e. The topological polar surface area (TPSA) is 29.5 Å². The zero-order valence-electron chi connectivity index (χ0n) is 9.17. The van der Waals surface area contributed by atoms with E-state index in [1.807, 2.05) is 20.9 Å². The van der Waals surface area contributed by atoms with Crippen LogP contribution in [0.15, 0.2) is 0 Å². The Labute approximate surface area is 81.1 Å². The quantitative estimate of drug-likeness (QED) is 0.591. The molecule has 0 bridgehead atoms. The van der Waals surface area contributed by atoms with E-state index in [0.717, 1.165) is 19.5 Å². The van der Waals surface area contributed by atoms with Crippen molar-refractivity contribution in [3.63, 3.8) is 0 Å². The highest BCUT2D eigenvalue weighted by atomic mass is 16.5. The number of carbonyl (C=O) groups is 1. The molecule has 0 amide bonds. The standard InChI is InChI=1S/C10H21NO2/c1-5-9(3)10(12)13-8-7-11(4)6-2/h9H,5-8H2,1-4H3. The van der Waals surface area contributed by atoms with Gasteiger partial charge in [0.2, 0.25) is 0 Å². The minimum absolute atomic E-state index is 0.0342. The molecule has 0 aromatic heterocycles. The maximum atomic E-state index is 11.2. The summed E-state index contributed by atoms with van der Waals surface area (Å²) in [4.78, 5) is 13.3. The van der Waals surface area contributed by atoms with E-state index < -0.39 is 0 Å². The molecule has 0 aromatic rings. The number of hydrogen-bond acceptors (Lipinski definition) is 3. The van der Waals surface area contributed by atoms with Crippen molar-refractivity contribution >= 4 is 5.97 Å². The predicted molar refractivity (Wildman–Crippen MR) is 53.6 cm³/mol. The van der Waals surface area contributed by atoms with E-state index in [-0.39, 0.29) is 11.9 Å². The molecule has 0 N–H and O–H groups in total. The fourth-order valence-corrected chi connectivity index (χ4v) is 0.769. The van der Waals surface area contributed by atoms with Gasteiger partial charge in [0.1, 0.15) is 6.61 Å². The van der Waals surface area contributed by atoms with Crippen molar-refractivity contribution in [2.45, 2.75) is 27.2 Å². The summed E-state index contributed by atoms with van der Waals surface area (Å²) in [7, 11) is 2.01. The van der Waals surface area contributed by atoms with E-state index in [9.17, 15) is 4.79 Å². The number of rotatable bonds is 6. The lowest BCUT2D eigenvalue weighted by molar-refractivity contribution is -0.148. The first kappa shape index (κ1) is 12.4. The van der Waals surface area contributed by atoms with E-state index in [0.29, 0.717) is 6.61 Å². The van der Waals surface area contributed by atoms with Gasteiger partial charge in [-0.25, -0.2) is 0 Å². The molecule has 0 heterocycles. The maximum absolute atomic E-state index is 11.2. The van der Waals surface area contributed by atoms with Gasteiger partial charge in [-0.15, -0.1) is 0 Å². The van der Waals surface area contributed by atoms with Crippen molar-refractivity contribution < 1.29 is 9.53 Å². The number of carbonyl (C=O) groups excluding carboxylic acids is 1. The molecule has 1 unspecified atom stereocenters. The third-order valence-corrected chi connectivity index (χ3v) is 2.27. The summed E-state index contributed by atoms with van der Waals surface area (Å²) in [6.07, 6.45) is 0.850. The number of esters is 1. The molecular formula is C10H21NO2. The van der Waals surface area contributed by atoms with Gasteiger partial charge in [-0.05, 0) is 20.0 Å². The third kappa shape index (κ3) is 5.64. The molecule has 0 fully saturated rings. The molecule has 0 saturated heterocycles. The van der Waals surface area contributed by atoms with Gasteiger partial charge in [-0.3, -0.25) is 4.79 Å². The Hall–Kier alpha value is -0.570. The second-order valence-corrected chi connectivity index (χ2v) is 3.37. The molecule has 0 spiro atoms. The van der Waals surface area contributed by atoms with Crippen LogP contribution in [0.5, 0.6) is 0 Å². The summed E-state index contributed by atoms with van der Waals surface area (Å²) < 4.78 is 5.09. The summed E-state index contributed by atoms with van der Waals surface area (Å²) in [5.41, 5.74) is 0. The smallest absolute Gasteiger partial charge is 0.308 e. The lowest BCUT2D eigenvalue weighted by Gasteiger charge is -2.14. The normalized spacial score (nSPS) is 13.0. The molecule has 0 saturated carbocycles. The fourth-order valence-electron chi connectivity index (χ4n) is 0.769. The van der Waals surface area contributed by atoms with E-state index in [1.54, 1.807) is 0 Å². The lowest BCUT2D eigenvalue weighted by Crippen LogP contribution is -2.25. The van der Waals surface area contributed by atoms with Crippen molar-refractivity contribution in [1.29, 1.82) is 0 Å². The summed E-state index contributed by atoms with van der Waals surface area (Å²) >= 11 is 0. The Morgan fingerprint density at radius 2 is 2.08 bits per heavy atom. The number of nitrogens with zero attached hydrogens (tertiary/aromatic N) is 1. The molecule has 13 heavy (non-hydrogen) atoms. The first-order valence-electron chi connectivity index (χ1n) is 4.97. The summed E-state index contributed by atoms with van der Waals surface area (Å²) in [6, 6.07) is 0. The van der Waals surface area contributed by atoms with Gasteiger partial charge < -0.3 is 9.64 Å². The largest absolute Gasteiger partial charge is 0.464 e. The monoisotopic (exact) mass is 187 g/mol. The Bertz CT molecular complexity index is 148. The second kappa shape index (κ2) is 6.89. The summed E-state index contributed by atoms with van der Waals surface area (Å²) in [6.45, 7) is 8.28. The third-order valence-electron chi connectivity index (χ3n) is 2.27. The van der Waals surface area contributed by atoms with Gasteiger partial charge in [0, 0.05) is 6.54 Å². The summed E-state index contributed by atoms with van der Waals surface area (Å²) in [5, 5.41) is 0. The van der Waals surface area contributed by atoms with Crippen molar-refractivity contribution in [3.05, 3.63) is 0 Å². The van der Waals surface area contributed by atoms with Crippen LogP contribution in [0.4, 0.5) is 0 Å². The predicted octanol–water partition coefficient (Wildman–Crippen LogP) is 1.53. The molecule has 0 aliphatic carbocycles. The minimum Gasteiger partial charge on any atom is -0.464 e. The Kier molecular flexibility index (Phi) is 6.59. The first-order valence-corrected chi connectivity index (χ1v) is 4.97. The van der Waals surface area contributed by atoms with Crippen molar-refractivity contribution in [3.8, 4) is 0 Å². The Morgan fingerprint density at radius 1 is 1.46 bits per heavy atom. The molecule has 3 heteroatoms. The van der Waals surface area contributed by atoms with Gasteiger partial charge in [-0.2, -0.15) is 0 Å². The molecule has 1 atom stereocenters. The van der Waals surface area contributed by atoms with Crippen LogP contribution in [0.3, 0.4) is 0 Å². The average Bonchev–Trinajstić information content (AvgIpc) is 2.15. The highest BCUT2D eigenvalue weighted by Crippen LogP contribution is 2.02. The van der Waals surface area contributed by atoms with Crippen LogP contribution in [0, 0.1) is 5.92 Å². The van der Waals surface area contributed by atoms with Crippen LogP contribution in [0.2, 0.25) is 0 Å². The highest BCUT2D eigenvalue weighted by molar-refractivity contribution is 5.71. The van der Waals surface area contributed by atoms with Crippen LogP contribution >= 0.6 is 0 Å². The van der Waals surface area contributed by atoms with Gasteiger partial charge in [0.15, 0.2) is 0 Å². The van der Waals surface area contributed by atoms with E-state index >= 15 is 0 Å². The van der Waals surface area contributed by atoms with E-state index in [1.165, 1.54) is 0 Å². The average molecular weight is 187 g/mol. The molecular weight excluding hydrogens is 166 g/mol. The SMILES string of the molecule is CCC(C)C(=O)OCCN(C)CC. The second-order valence-electron chi connectivity index (χ2n) is 3.37. The van der Waals surface area contributed by atoms with Crippen molar-refractivity contribution in [2.75, 3.05) is 26.7 Å². The van der Waals surface area contributed by atoms with Gasteiger partial charge in [0.05, 0.1) is 5.92 Å². The number of likely N-dealkylation sites (N-methyl/N-ethyl adjacent to an activating group) is 1. The molecule has 0 aliphatic rings. The minimum atomic E-state index is -0.0768. The molecule has 0 radical (unpaired) electrons. The first-order chi connectivity index (χ1) is 6.11. The van der Waals surface area contributed by atoms with E-state index in [2.05, 4.69) is 11.8 Å². The molecule has 0 aromatic carbocycles. The van der Waals surface area contributed by atoms with Crippen LogP contribution in [-0.4, -0.2) is 37.6 Å². The number of hydrogen-bond donors (Lipinski definition) is 0. The Balaban J connectivity index is 3.47. The fraction of sp³-hybridized carbons (Fsp3) is 0.900. The van der Waals surface area contributed by atoms with Crippen LogP contribution < -0.4 is 0 Å². The van der Waals surface area contributed by atoms with Crippen LogP contribution in [0.1, 0.15) is 27.2 Å². The highest BCUT2D eigenvalue weighted by Gasteiger charge is 2.11. The van der Waals surface area contributed by atoms with Crippen LogP contribution in [-0.2, 0) is 9.53 Å². The van der Waals surface area contributed by atoms with Gasteiger partial charge in [-0.1, -0.05) is 20.8 Å². The van der Waals surface area contributed by atoms with E-state index in [4.69, 9.17) is 4.74 Å². The lowest BCUT2D eigenvalue weighted by atomic mass is 10.1. The molecule has 0 rings (SSSR count). The number of ether oxygens (including phenoxy) is 1. The van der Waals surface area contributed by atoms with Crippen molar-refractivity contribution in [2.24, 2.45) is 5.92 Å². The molecule has 3 nitrogen and oxygen atoms in total. The van der Waals surface area contributed by atoms with Gasteiger partial charge in [0.25, 0.3) is 0 Å². The summed E-state index contributed by atoms with van der Waals surface area (Å²) in [5.74, 6) is -0.0427. The zero-order chi connectivity index (χ0) is 10.3. The molecule has 78 valence electrons. The van der Waals surface area contributed by atoms with Gasteiger partial charge >= 0.3 is 5.97 Å². The van der Waals surface area contributed by atoms with Crippen LogP contribution in [0.25, 0.3) is 0 Å². The van der Waals surface area contributed by atoms with Crippen molar-refractivity contribution in [1.82, 2.24) is 4.90 Å². The molecule has 0 aliphatic heterocycles. The zero-order valence-corrected chi connectivity index (χ0v) is 9.17.